The maximum absolute atomic E-state index is 13.2. The van der Waals surface area contributed by atoms with Crippen molar-refractivity contribution in [1.29, 1.82) is 0 Å². The number of unbranched alkanes of at least 4 members (excludes halogenated alkanes) is 4. The Morgan fingerprint density at radius 2 is 1.34 bits per heavy atom. The third-order valence-electron chi connectivity index (χ3n) is 6.46. The predicted octanol–water partition coefficient (Wildman–Crippen LogP) is 7.00. The van der Waals surface area contributed by atoms with Gasteiger partial charge in [0.15, 0.2) is 0 Å². The highest BCUT2D eigenvalue weighted by Gasteiger charge is 2.20. The van der Waals surface area contributed by atoms with E-state index in [1.807, 2.05) is 49.1 Å². The molecule has 3 aromatic carbocycles. The van der Waals surface area contributed by atoms with Crippen LogP contribution in [-0.2, 0) is 0 Å². The quantitative estimate of drug-likeness (QED) is 0.217. The molecule has 0 atom stereocenters. The summed E-state index contributed by atoms with van der Waals surface area (Å²) in [7, 11) is 0. The summed E-state index contributed by atoms with van der Waals surface area (Å²) in [5, 5.41) is 4.54. The fourth-order valence-electron chi connectivity index (χ4n) is 4.34. The van der Waals surface area contributed by atoms with Gasteiger partial charge in [-0.1, -0.05) is 68.1 Å². The summed E-state index contributed by atoms with van der Waals surface area (Å²) in [6.07, 6.45) is 6.96. The number of amides is 1. The van der Waals surface area contributed by atoms with Crippen molar-refractivity contribution in [2.45, 2.75) is 83.7 Å². The number of nitrogens with zero attached hydrogens (tertiary/aromatic N) is 1. The third-order valence-corrected chi connectivity index (χ3v) is 6.46. The molecule has 0 fully saturated rings. The number of hydrogen-bond donors (Lipinski definition) is 2. The second-order valence-corrected chi connectivity index (χ2v) is 11.3. The van der Waals surface area contributed by atoms with Gasteiger partial charge in [0.25, 0.3) is 0 Å². The highest BCUT2D eigenvalue weighted by atomic mass is 16.6. The lowest BCUT2D eigenvalue weighted by Crippen LogP contribution is -2.41. The van der Waals surface area contributed by atoms with E-state index < -0.39 is 0 Å². The van der Waals surface area contributed by atoms with E-state index in [0.29, 0.717) is 18.8 Å². The highest BCUT2D eigenvalue weighted by molar-refractivity contribution is 6.07. The number of carbonyl (C=O) groups is 1. The van der Waals surface area contributed by atoms with Crippen molar-refractivity contribution in [2.75, 3.05) is 13.1 Å². The number of benzene rings is 3. The Morgan fingerprint density at radius 1 is 0.743 bits per heavy atom. The first-order valence-corrected chi connectivity index (χ1v) is 13.0. The molecule has 5 nitrogen and oxygen atoms in total. The van der Waals surface area contributed by atoms with E-state index in [9.17, 15) is 4.79 Å². The van der Waals surface area contributed by atoms with Crippen LogP contribution >= 0.6 is 0 Å². The van der Waals surface area contributed by atoms with Crippen molar-refractivity contribution < 1.29 is 9.53 Å². The van der Waals surface area contributed by atoms with E-state index in [-0.39, 0.29) is 17.2 Å². The number of carbonyl (C=O) groups excluding carboxylic acids is 1. The van der Waals surface area contributed by atoms with E-state index in [0.717, 1.165) is 54.7 Å². The van der Waals surface area contributed by atoms with Crippen LogP contribution in [0.15, 0.2) is 54.6 Å². The van der Waals surface area contributed by atoms with Gasteiger partial charge in [0, 0.05) is 24.2 Å². The van der Waals surface area contributed by atoms with Gasteiger partial charge in [-0.3, -0.25) is 0 Å². The van der Waals surface area contributed by atoms with Crippen LogP contribution in [-0.4, -0.2) is 35.2 Å². The van der Waals surface area contributed by atoms with Crippen molar-refractivity contribution in [3.05, 3.63) is 54.6 Å². The van der Waals surface area contributed by atoms with Gasteiger partial charge in [0.05, 0.1) is 0 Å². The van der Waals surface area contributed by atoms with Gasteiger partial charge < -0.3 is 21.1 Å². The van der Waals surface area contributed by atoms with Crippen LogP contribution in [0.1, 0.15) is 72.6 Å². The molecule has 0 spiro atoms. The molecule has 3 rings (SSSR count). The zero-order valence-corrected chi connectivity index (χ0v) is 22.0. The Bertz CT molecular complexity index is 1110. The van der Waals surface area contributed by atoms with E-state index in [4.69, 9.17) is 16.2 Å². The Hall–Kier alpha value is -2.63. The molecule has 0 aliphatic rings. The average Bonchev–Trinajstić information content (AvgIpc) is 2.78. The second-order valence-electron chi connectivity index (χ2n) is 11.3. The van der Waals surface area contributed by atoms with E-state index >= 15 is 0 Å². The lowest BCUT2D eigenvalue weighted by atomic mass is 9.97. The predicted molar refractivity (Wildman–Crippen MR) is 148 cm³/mol. The second kappa shape index (κ2) is 11.9. The minimum atomic E-state index is -0.338. The smallest absolute Gasteiger partial charge is 0.410 e. The molecule has 0 heterocycles. The van der Waals surface area contributed by atoms with Gasteiger partial charge in [-0.25, -0.2) is 4.79 Å². The first-order valence-electron chi connectivity index (χ1n) is 13.0. The average molecular weight is 478 g/mol. The molecule has 0 radical (unpaired) electrons. The Balaban J connectivity index is 1.62. The number of fused-ring (bicyclic) bond motifs is 3. The van der Waals surface area contributed by atoms with Crippen LogP contribution in [0.25, 0.3) is 21.5 Å². The molecule has 190 valence electrons. The summed E-state index contributed by atoms with van der Waals surface area (Å²) in [6, 6.07) is 18.4. The van der Waals surface area contributed by atoms with Crippen LogP contribution in [0.2, 0.25) is 0 Å². The molecule has 0 bridgehead atoms. The molecule has 0 aliphatic heterocycles. The molecule has 3 aromatic rings. The topological polar surface area (TPSA) is 81.6 Å². The monoisotopic (exact) mass is 477 g/mol. The first kappa shape index (κ1) is 27.0. The van der Waals surface area contributed by atoms with Crippen molar-refractivity contribution in [1.82, 2.24) is 4.90 Å². The molecule has 5 heteroatoms. The van der Waals surface area contributed by atoms with E-state index in [1.165, 1.54) is 11.8 Å². The Kier molecular flexibility index (Phi) is 9.15. The maximum Gasteiger partial charge on any atom is 0.415 e. The lowest BCUT2D eigenvalue weighted by Gasteiger charge is -2.26. The maximum atomic E-state index is 13.2. The van der Waals surface area contributed by atoms with Gasteiger partial charge in [-0.2, -0.15) is 0 Å². The molecule has 4 N–H and O–H groups in total. The van der Waals surface area contributed by atoms with Gasteiger partial charge in [0.1, 0.15) is 5.75 Å². The SMILES string of the molecule is CC(C)(N)CCCCCCCN(CCC(C)(C)N)C(=O)Oc1ccc2ccc3ccccc3c2c1. The molecular weight excluding hydrogens is 434 g/mol. The van der Waals surface area contributed by atoms with Crippen molar-refractivity contribution in [2.24, 2.45) is 11.5 Å². The molecule has 0 aromatic heterocycles. The normalized spacial score (nSPS) is 12.3. The summed E-state index contributed by atoms with van der Waals surface area (Å²) < 4.78 is 5.86. The van der Waals surface area contributed by atoms with Gasteiger partial charge in [-0.05, 0) is 80.6 Å². The zero-order valence-electron chi connectivity index (χ0n) is 22.0. The van der Waals surface area contributed by atoms with Crippen molar-refractivity contribution in [3.8, 4) is 5.75 Å². The number of hydrogen-bond acceptors (Lipinski definition) is 4. The fraction of sp³-hybridized carbons (Fsp3) is 0.500. The van der Waals surface area contributed by atoms with E-state index in [2.05, 4.69) is 38.1 Å². The highest BCUT2D eigenvalue weighted by Crippen LogP contribution is 2.29. The minimum absolute atomic E-state index is 0.0926. The van der Waals surface area contributed by atoms with E-state index in [1.54, 1.807) is 0 Å². The number of ether oxygens (including phenoxy) is 1. The lowest BCUT2D eigenvalue weighted by molar-refractivity contribution is 0.147. The minimum Gasteiger partial charge on any atom is -0.410 e. The number of rotatable bonds is 12. The van der Waals surface area contributed by atoms with Gasteiger partial charge in [-0.15, -0.1) is 0 Å². The molecule has 0 saturated heterocycles. The molecule has 0 aliphatic carbocycles. The summed E-state index contributed by atoms with van der Waals surface area (Å²) in [5.74, 6) is 0.570. The summed E-state index contributed by atoms with van der Waals surface area (Å²) in [4.78, 5) is 15.0. The summed E-state index contributed by atoms with van der Waals surface area (Å²) >= 11 is 0. The fourth-order valence-corrected chi connectivity index (χ4v) is 4.34. The van der Waals surface area contributed by atoms with Crippen LogP contribution in [0.3, 0.4) is 0 Å². The molecule has 1 amide bonds. The largest absolute Gasteiger partial charge is 0.415 e. The van der Waals surface area contributed by atoms with Crippen molar-refractivity contribution >= 4 is 27.6 Å². The van der Waals surface area contributed by atoms with Gasteiger partial charge in [0.2, 0.25) is 0 Å². The van der Waals surface area contributed by atoms with Crippen LogP contribution in [0.4, 0.5) is 4.79 Å². The Morgan fingerprint density at radius 3 is 2.06 bits per heavy atom. The summed E-state index contributed by atoms with van der Waals surface area (Å²) in [6.45, 7) is 9.39. The molecule has 0 saturated carbocycles. The van der Waals surface area contributed by atoms with Crippen LogP contribution < -0.4 is 16.2 Å². The zero-order chi connectivity index (χ0) is 25.5. The molecular formula is C30H43N3O2. The summed E-state index contributed by atoms with van der Waals surface area (Å²) in [5.41, 5.74) is 11.8. The number of nitrogens with two attached hydrogens (primary N) is 2. The molecule has 35 heavy (non-hydrogen) atoms. The van der Waals surface area contributed by atoms with Crippen molar-refractivity contribution in [3.63, 3.8) is 0 Å². The standard InChI is InChI=1S/C30H43N3O2/c1-29(2,31)18-10-6-5-7-11-20-33(21-19-30(3,4)32)28(34)35-25-17-16-24-15-14-23-12-8-9-13-26(23)27(24)22-25/h8-9,12-17,22H,5-7,10-11,18-21,31-32H2,1-4H3. The first-order chi connectivity index (χ1) is 16.5. The molecule has 0 unspecified atom stereocenters. The third kappa shape index (κ3) is 8.83. The van der Waals surface area contributed by atoms with Crippen LogP contribution in [0, 0.1) is 0 Å². The Labute approximate surface area is 210 Å². The van der Waals surface area contributed by atoms with Crippen LogP contribution in [0.5, 0.6) is 5.75 Å². The van der Waals surface area contributed by atoms with Gasteiger partial charge >= 0.3 is 6.09 Å².